The van der Waals surface area contributed by atoms with Crippen LogP contribution in [0.1, 0.15) is 58.1 Å². The number of hydrogen-bond acceptors (Lipinski definition) is 2. The predicted octanol–water partition coefficient (Wildman–Crippen LogP) is 2.68. The summed E-state index contributed by atoms with van der Waals surface area (Å²) in [5.74, 6) is 0.640. The van der Waals surface area contributed by atoms with Gasteiger partial charge < -0.3 is 5.73 Å². The van der Waals surface area contributed by atoms with Crippen molar-refractivity contribution in [1.29, 1.82) is 0 Å². The Morgan fingerprint density at radius 2 is 1.87 bits per heavy atom. The molecule has 0 aliphatic rings. The molecule has 0 saturated heterocycles. The fourth-order valence-corrected chi connectivity index (χ4v) is 1.73. The van der Waals surface area contributed by atoms with Gasteiger partial charge in [0.2, 0.25) is 0 Å². The van der Waals surface area contributed by atoms with Crippen LogP contribution in [0.25, 0.3) is 0 Å². The molecule has 0 bridgehead atoms. The molecule has 1 heterocycles. The van der Waals surface area contributed by atoms with Crippen LogP contribution in [0.2, 0.25) is 0 Å². The first-order valence-electron chi connectivity index (χ1n) is 5.75. The van der Waals surface area contributed by atoms with Gasteiger partial charge in [-0.2, -0.15) is 5.10 Å². The normalized spacial score (nSPS) is 13.9. The van der Waals surface area contributed by atoms with Crippen LogP contribution in [0.3, 0.4) is 0 Å². The second-order valence-electron chi connectivity index (χ2n) is 4.99. The minimum Gasteiger partial charge on any atom is -0.323 e. The van der Waals surface area contributed by atoms with Gasteiger partial charge >= 0.3 is 0 Å². The summed E-state index contributed by atoms with van der Waals surface area (Å²) in [7, 11) is 0. The van der Waals surface area contributed by atoms with Crippen LogP contribution < -0.4 is 5.73 Å². The molecule has 0 amide bonds. The van der Waals surface area contributed by atoms with Gasteiger partial charge in [0.05, 0.1) is 11.4 Å². The molecule has 0 aliphatic carbocycles. The first-order chi connectivity index (χ1) is 6.91. The number of rotatable bonds is 4. The Labute approximate surface area is 92.7 Å². The third-order valence-corrected chi connectivity index (χ3v) is 2.39. The third-order valence-electron chi connectivity index (χ3n) is 2.39. The Bertz CT molecular complexity index is 285. The zero-order chi connectivity index (χ0) is 11.6. The standard InChI is InChI=1S/C12H23N3/c1-8(2)6-11-7-12(10(5)13)15(14-11)9(3)4/h7-10H,6,13H2,1-5H3/t10-/m1/s1. The lowest BCUT2D eigenvalue weighted by molar-refractivity contribution is 0.486. The first kappa shape index (κ1) is 12.2. The molecule has 0 saturated carbocycles. The molecule has 3 heteroatoms. The van der Waals surface area contributed by atoms with Gasteiger partial charge in [-0.25, -0.2) is 0 Å². The van der Waals surface area contributed by atoms with Gasteiger partial charge in [0.1, 0.15) is 0 Å². The number of nitrogens with two attached hydrogens (primary N) is 1. The lowest BCUT2D eigenvalue weighted by Crippen LogP contribution is -2.14. The maximum absolute atomic E-state index is 5.94. The average Bonchev–Trinajstić information content (AvgIpc) is 2.46. The molecule has 0 radical (unpaired) electrons. The first-order valence-corrected chi connectivity index (χ1v) is 5.75. The summed E-state index contributed by atoms with van der Waals surface area (Å²) >= 11 is 0. The second-order valence-corrected chi connectivity index (χ2v) is 4.99. The zero-order valence-electron chi connectivity index (χ0n) is 10.5. The maximum atomic E-state index is 5.94. The van der Waals surface area contributed by atoms with Crippen molar-refractivity contribution in [2.24, 2.45) is 11.7 Å². The fraction of sp³-hybridized carbons (Fsp3) is 0.750. The molecule has 0 fully saturated rings. The molecule has 0 aromatic carbocycles. The smallest absolute Gasteiger partial charge is 0.0630 e. The van der Waals surface area contributed by atoms with E-state index in [0.29, 0.717) is 12.0 Å². The predicted molar refractivity (Wildman–Crippen MR) is 63.8 cm³/mol. The van der Waals surface area contributed by atoms with Gasteiger partial charge in [-0.1, -0.05) is 13.8 Å². The van der Waals surface area contributed by atoms with Crippen molar-refractivity contribution in [1.82, 2.24) is 9.78 Å². The van der Waals surface area contributed by atoms with Crippen LogP contribution in [0.15, 0.2) is 6.07 Å². The van der Waals surface area contributed by atoms with Gasteiger partial charge in [0.25, 0.3) is 0 Å². The van der Waals surface area contributed by atoms with Gasteiger partial charge in [0, 0.05) is 12.1 Å². The van der Waals surface area contributed by atoms with Crippen LogP contribution >= 0.6 is 0 Å². The molecule has 2 N–H and O–H groups in total. The summed E-state index contributed by atoms with van der Waals surface area (Å²) in [6.07, 6.45) is 1.03. The number of nitrogens with zero attached hydrogens (tertiary/aromatic N) is 2. The number of aromatic nitrogens is 2. The molecule has 15 heavy (non-hydrogen) atoms. The SMILES string of the molecule is CC(C)Cc1cc([C@@H](C)N)n(C(C)C)n1. The maximum Gasteiger partial charge on any atom is 0.0630 e. The van der Waals surface area contributed by atoms with E-state index < -0.39 is 0 Å². The molecule has 86 valence electrons. The van der Waals surface area contributed by atoms with Crippen molar-refractivity contribution >= 4 is 0 Å². The van der Waals surface area contributed by atoms with Crippen LogP contribution in [0, 0.1) is 5.92 Å². The number of hydrogen-bond donors (Lipinski definition) is 1. The Morgan fingerprint density at radius 3 is 2.20 bits per heavy atom. The van der Waals surface area contributed by atoms with E-state index in [2.05, 4.69) is 38.9 Å². The van der Waals surface area contributed by atoms with Crippen molar-refractivity contribution in [3.8, 4) is 0 Å². The Morgan fingerprint density at radius 1 is 1.27 bits per heavy atom. The Hall–Kier alpha value is -0.830. The monoisotopic (exact) mass is 209 g/mol. The Balaban J connectivity index is 2.98. The lowest BCUT2D eigenvalue weighted by atomic mass is 10.1. The molecule has 1 atom stereocenters. The molecule has 0 unspecified atom stereocenters. The van der Waals surface area contributed by atoms with Crippen LogP contribution in [-0.4, -0.2) is 9.78 Å². The van der Waals surface area contributed by atoms with Gasteiger partial charge in [0.15, 0.2) is 0 Å². The summed E-state index contributed by atoms with van der Waals surface area (Å²) in [6.45, 7) is 10.7. The largest absolute Gasteiger partial charge is 0.323 e. The van der Waals surface area contributed by atoms with Crippen LogP contribution in [-0.2, 0) is 6.42 Å². The van der Waals surface area contributed by atoms with Crippen molar-refractivity contribution < 1.29 is 0 Å². The topological polar surface area (TPSA) is 43.8 Å². The second kappa shape index (κ2) is 4.79. The van der Waals surface area contributed by atoms with Crippen molar-refractivity contribution in [2.45, 2.75) is 53.1 Å². The van der Waals surface area contributed by atoms with E-state index in [1.54, 1.807) is 0 Å². The van der Waals surface area contributed by atoms with Gasteiger partial charge in [-0.05, 0) is 39.2 Å². The zero-order valence-corrected chi connectivity index (χ0v) is 10.5. The summed E-state index contributed by atoms with van der Waals surface area (Å²) in [6, 6.07) is 2.58. The van der Waals surface area contributed by atoms with Crippen molar-refractivity contribution in [3.05, 3.63) is 17.5 Å². The molecule has 1 aromatic rings. The molecule has 3 nitrogen and oxygen atoms in total. The minimum absolute atomic E-state index is 0.0563. The van der Waals surface area contributed by atoms with Crippen molar-refractivity contribution in [3.63, 3.8) is 0 Å². The van der Waals surface area contributed by atoms with E-state index in [1.165, 1.54) is 0 Å². The van der Waals surface area contributed by atoms with E-state index in [9.17, 15) is 0 Å². The van der Waals surface area contributed by atoms with E-state index in [4.69, 9.17) is 5.73 Å². The van der Waals surface area contributed by atoms with E-state index in [-0.39, 0.29) is 6.04 Å². The quantitative estimate of drug-likeness (QED) is 0.828. The molecular weight excluding hydrogens is 186 g/mol. The average molecular weight is 209 g/mol. The van der Waals surface area contributed by atoms with Crippen molar-refractivity contribution in [2.75, 3.05) is 0 Å². The van der Waals surface area contributed by atoms with Gasteiger partial charge in [-0.15, -0.1) is 0 Å². The van der Waals surface area contributed by atoms with Crippen LogP contribution in [0.5, 0.6) is 0 Å². The highest BCUT2D eigenvalue weighted by Crippen LogP contribution is 2.18. The highest BCUT2D eigenvalue weighted by Gasteiger charge is 2.13. The lowest BCUT2D eigenvalue weighted by Gasteiger charge is -2.12. The highest BCUT2D eigenvalue weighted by molar-refractivity contribution is 5.14. The summed E-state index contributed by atoms with van der Waals surface area (Å²) in [5, 5.41) is 4.61. The van der Waals surface area contributed by atoms with E-state index >= 15 is 0 Å². The molecular formula is C12H23N3. The minimum atomic E-state index is 0.0563. The van der Waals surface area contributed by atoms with Crippen LogP contribution in [0.4, 0.5) is 0 Å². The highest BCUT2D eigenvalue weighted by atomic mass is 15.3. The molecule has 1 rings (SSSR count). The summed E-state index contributed by atoms with van der Waals surface area (Å²) < 4.78 is 2.04. The summed E-state index contributed by atoms with van der Waals surface area (Å²) in [4.78, 5) is 0. The fourth-order valence-electron chi connectivity index (χ4n) is 1.73. The summed E-state index contributed by atoms with van der Waals surface area (Å²) in [5.41, 5.74) is 8.23. The molecule has 1 aromatic heterocycles. The Kier molecular flexibility index (Phi) is 3.91. The van der Waals surface area contributed by atoms with E-state index in [0.717, 1.165) is 17.8 Å². The third kappa shape index (κ3) is 3.06. The van der Waals surface area contributed by atoms with E-state index in [1.807, 2.05) is 11.6 Å². The van der Waals surface area contributed by atoms with Gasteiger partial charge in [-0.3, -0.25) is 4.68 Å². The molecule has 0 spiro atoms. The molecule has 0 aliphatic heterocycles.